The molecule has 4 rings (SSSR count). The Balaban J connectivity index is 1.38. The predicted octanol–water partition coefficient (Wildman–Crippen LogP) is 4.78. The molecule has 0 bridgehead atoms. The third-order valence-electron chi connectivity index (χ3n) is 5.45. The van der Waals surface area contributed by atoms with Crippen LogP contribution in [0.3, 0.4) is 0 Å². The van der Waals surface area contributed by atoms with Crippen molar-refractivity contribution in [3.05, 3.63) is 88.7 Å². The Morgan fingerprint density at radius 2 is 1.74 bits per heavy atom. The van der Waals surface area contributed by atoms with E-state index in [1.165, 1.54) is 12.1 Å². The molecule has 0 aliphatic carbocycles. The number of aromatic nitrogens is 2. The van der Waals surface area contributed by atoms with Gasteiger partial charge in [-0.1, -0.05) is 48.4 Å². The number of imidazole rings is 1. The number of sulfonamides is 1. The fourth-order valence-electron chi connectivity index (χ4n) is 3.70. The maximum absolute atomic E-state index is 12.3. The number of halogens is 1. The predicted molar refractivity (Wildman–Crippen MR) is 134 cm³/mol. The van der Waals surface area contributed by atoms with Gasteiger partial charge in [0, 0.05) is 23.7 Å². The van der Waals surface area contributed by atoms with E-state index in [4.69, 9.17) is 16.6 Å². The van der Waals surface area contributed by atoms with E-state index in [9.17, 15) is 13.2 Å². The van der Waals surface area contributed by atoms with Gasteiger partial charge in [-0.3, -0.25) is 4.57 Å². The minimum atomic E-state index is -3.91. The molecule has 0 atom stereocenters. The second-order valence-corrected chi connectivity index (χ2v) is 10.1. The maximum Gasteiger partial charge on any atom is 0.328 e. The summed E-state index contributed by atoms with van der Waals surface area (Å²) in [6.45, 7) is 4.21. The molecule has 2 amide bonds. The maximum atomic E-state index is 12.3. The van der Waals surface area contributed by atoms with Gasteiger partial charge in [0.1, 0.15) is 5.82 Å². The number of hydrogen-bond acceptors (Lipinski definition) is 4. The molecule has 4 aromatic rings. The molecule has 0 spiro atoms. The summed E-state index contributed by atoms with van der Waals surface area (Å²) in [5.74, 6) is 0.943. The zero-order valence-corrected chi connectivity index (χ0v) is 20.4. The summed E-state index contributed by atoms with van der Waals surface area (Å²) in [6, 6.07) is 19.2. The molecule has 1 aromatic heterocycles. The van der Waals surface area contributed by atoms with Gasteiger partial charge in [0.05, 0.1) is 15.9 Å². The number of urea groups is 1. The van der Waals surface area contributed by atoms with Crippen molar-refractivity contribution >= 4 is 38.7 Å². The van der Waals surface area contributed by atoms with Crippen molar-refractivity contribution in [3.8, 4) is 5.69 Å². The Labute approximate surface area is 203 Å². The Morgan fingerprint density at radius 1 is 1.03 bits per heavy atom. The summed E-state index contributed by atoms with van der Waals surface area (Å²) in [6.07, 6.45) is 1.33. The van der Waals surface area contributed by atoms with Crippen LogP contribution in [0.15, 0.2) is 71.6 Å². The van der Waals surface area contributed by atoms with E-state index < -0.39 is 16.1 Å². The standard InChI is InChI=1S/C25H25ClN4O3S/c1-3-24-28-22-16-19(26)8-13-23(22)30(24)20-9-6-18(7-10-20)14-15-27-25(31)29-34(32,33)21-11-4-17(2)5-12-21/h4-13,16H,3,14-15H2,1-2H3,(H2,27,29,31). The highest BCUT2D eigenvalue weighted by Gasteiger charge is 2.17. The number of carbonyl (C=O) groups is 1. The number of fused-ring (bicyclic) bond motifs is 1. The highest BCUT2D eigenvalue weighted by molar-refractivity contribution is 7.90. The molecular formula is C25H25ClN4O3S. The van der Waals surface area contributed by atoms with Crippen LogP contribution in [0.5, 0.6) is 0 Å². The van der Waals surface area contributed by atoms with Crippen LogP contribution in [0.1, 0.15) is 23.9 Å². The van der Waals surface area contributed by atoms with Gasteiger partial charge in [-0.2, -0.15) is 0 Å². The number of hydrogen-bond donors (Lipinski definition) is 2. The average Bonchev–Trinajstić information content (AvgIpc) is 3.17. The zero-order valence-electron chi connectivity index (χ0n) is 18.9. The molecule has 0 saturated carbocycles. The van der Waals surface area contributed by atoms with Crippen molar-refractivity contribution in [2.24, 2.45) is 0 Å². The number of nitrogens with zero attached hydrogens (tertiary/aromatic N) is 2. The highest BCUT2D eigenvalue weighted by Crippen LogP contribution is 2.25. The summed E-state index contributed by atoms with van der Waals surface area (Å²) < 4.78 is 28.8. The molecule has 2 N–H and O–H groups in total. The molecule has 34 heavy (non-hydrogen) atoms. The quantitative estimate of drug-likeness (QED) is 0.385. The van der Waals surface area contributed by atoms with Crippen molar-refractivity contribution in [2.75, 3.05) is 6.54 Å². The smallest absolute Gasteiger partial charge is 0.328 e. The molecule has 0 fully saturated rings. The van der Waals surface area contributed by atoms with E-state index in [1.54, 1.807) is 12.1 Å². The summed E-state index contributed by atoms with van der Waals surface area (Å²) in [4.78, 5) is 16.8. The first kappa shape index (κ1) is 23.8. The number of carbonyl (C=O) groups excluding carboxylic acids is 1. The van der Waals surface area contributed by atoms with Crippen LogP contribution in [0, 0.1) is 6.92 Å². The van der Waals surface area contributed by atoms with Gasteiger partial charge in [0.15, 0.2) is 0 Å². The monoisotopic (exact) mass is 496 g/mol. The van der Waals surface area contributed by atoms with Crippen LogP contribution in [0.25, 0.3) is 16.7 Å². The molecule has 9 heteroatoms. The number of amides is 2. The van der Waals surface area contributed by atoms with Gasteiger partial charge in [0.25, 0.3) is 10.0 Å². The van der Waals surface area contributed by atoms with Crippen LogP contribution in [0.2, 0.25) is 5.02 Å². The van der Waals surface area contributed by atoms with Crippen LogP contribution >= 0.6 is 11.6 Å². The van der Waals surface area contributed by atoms with Gasteiger partial charge < -0.3 is 5.32 Å². The van der Waals surface area contributed by atoms with E-state index in [0.717, 1.165) is 40.1 Å². The minimum absolute atomic E-state index is 0.0459. The summed E-state index contributed by atoms with van der Waals surface area (Å²) in [7, 11) is -3.91. The number of aryl methyl sites for hydroxylation is 2. The van der Waals surface area contributed by atoms with E-state index >= 15 is 0 Å². The van der Waals surface area contributed by atoms with Crippen molar-refractivity contribution in [2.45, 2.75) is 31.6 Å². The SMILES string of the molecule is CCc1nc2cc(Cl)ccc2n1-c1ccc(CCNC(=O)NS(=O)(=O)c2ccc(C)cc2)cc1. The lowest BCUT2D eigenvalue weighted by molar-refractivity contribution is 0.246. The van der Waals surface area contributed by atoms with Gasteiger partial charge in [-0.15, -0.1) is 0 Å². The first-order valence-corrected chi connectivity index (χ1v) is 12.8. The van der Waals surface area contributed by atoms with Crippen LogP contribution in [-0.2, 0) is 22.9 Å². The normalized spacial score (nSPS) is 11.5. The lowest BCUT2D eigenvalue weighted by atomic mass is 10.1. The first-order chi connectivity index (χ1) is 16.3. The van der Waals surface area contributed by atoms with Crippen molar-refractivity contribution < 1.29 is 13.2 Å². The number of benzene rings is 3. The Hall–Kier alpha value is -3.36. The number of rotatable bonds is 7. The molecule has 176 valence electrons. The van der Waals surface area contributed by atoms with Gasteiger partial charge in [0.2, 0.25) is 0 Å². The Morgan fingerprint density at radius 3 is 2.41 bits per heavy atom. The molecule has 1 heterocycles. The van der Waals surface area contributed by atoms with Crippen LogP contribution in [0.4, 0.5) is 4.79 Å². The molecule has 0 aliphatic rings. The van der Waals surface area contributed by atoms with Gasteiger partial charge in [-0.05, 0) is 61.4 Å². The molecule has 0 aliphatic heterocycles. The Kier molecular flexibility index (Phi) is 6.90. The first-order valence-electron chi connectivity index (χ1n) is 10.9. The topological polar surface area (TPSA) is 93.1 Å². The van der Waals surface area contributed by atoms with E-state index in [2.05, 4.69) is 16.8 Å². The fourth-order valence-corrected chi connectivity index (χ4v) is 4.79. The van der Waals surface area contributed by atoms with Crippen molar-refractivity contribution in [1.29, 1.82) is 0 Å². The summed E-state index contributed by atoms with van der Waals surface area (Å²) >= 11 is 6.12. The van der Waals surface area contributed by atoms with Crippen molar-refractivity contribution in [3.63, 3.8) is 0 Å². The second kappa shape index (κ2) is 9.87. The third-order valence-corrected chi connectivity index (χ3v) is 7.04. The van der Waals surface area contributed by atoms with E-state index in [-0.39, 0.29) is 4.90 Å². The molecular weight excluding hydrogens is 472 g/mol. The molecule has 0 radical (unpaired) electrons. The van der Waals surface area contributed by atoms with Crippen LogP contribution in [-0.4, -0.2) is 30.5 Å². The summed E-state index contributed by atoms with van der Waals surface area (Å²) in [5.41, 5.74) is 4.77. The number of nitrogens with one attached hydrogen (secondary N) is 2. The average molecular weight is 497 g/mol. The molecule has 3 aromatic carbocycles. The van der Waals surface area contributed by atoms with E-state index in [0.29, 0.717) is 18.0 Å². The van der Waals surface area contributed by atoms with Gasteiger partial charge >= 0.3 is 6.03 Å². The lowest BCUT2D eigenvalue weighted by Crippen LogP contribution is -2.40. The molecule has 0 saturated heterocycles. The fraction of sp³-hybridized carbons (Fsp3) is 0.200. The third kappa shape index (κ3) is 5.24. The Bertz CT molecular complexity index is 1430. The van der Waals surface area contributed by atoms with Crippen LogP contribution < -0.4 is 10.0 Å². The van der Waals surface area contributed by atoms with Gasteiger partial charge in [-0.25, -0.2) is 22.9 Å². The van der Waals surface area contributed by atoms with E-state index in [1.807, 2.05) is 54.1 Å². The molecule has 7 nitrogen and oxygen atoms in total. The lowest BCUT2D eigenvalue weighted by Gasteiger charge is -2.11. The highest BCUT2D eigenvalue weighted by atomic mass is 35.5. The minimum Gasteiger partial charge on any atom is -0.337 e. The zero-order chi connectivity index (χ0) is 24.3. The summed E-state index contributed by atoms with van der Waals surface area (Å²) in [5, 5.41) is 3.25. The molecule has 0 unspecified atom stereocenters. The van der Waals surface area contributed by atoms with Crippen molar-refractivity contribution in [1.82, 2.24) is 19.6 Å². The largest absolute Gasteiger partial charge is 0.337 e. The second-order valence-electron chi connectivity index (χ2n) is 7.94.